The topological polar surface area (TPSA) is 43.6 Å². The van der Waals surface area contributed by atoms with Crippen molar-refractivity contribution in [3.63, 3.8) is 0 Å². The van der Waals surface area contributed by atoms with Crippen LogP contribution in [0.1, 0.15) is 31.9 Å². The van der Waals surface area contributed by atoms with Crippen LogP contribution in [0.5, 0.6) is 0 Å². The van der Waals surface area contributed by atoms with Gasteiger partial charge in [-0.05, 0) is 46.0 Å². The number of aryl methyl sites for hydroxylation is 1. The highest BCUT2D eigenvalue weighted by Crippen LogP contribution is 2.32. The van der Waals surface area contributed by atoms with Crippen molar-refractivity contribution in [1.82, 2.24) is 20.2 Å². The fourth-order valence-electron chi connectivity index (χ4n) is 1.88. The zero-order chi connectivity index (χ0) is 12.6. The van der Waals surface area contributed by atoms with Crippen LogP contribution in [-0.2, 0) is 5.41 Å². The van der Waals surface area contributed by atoms with Crippen LogP contribution in [-0.4, -0.2) is 20.2 Å². The molecule has 0 saturated carbocycles. The molecule has 2 aromatic rings. The van der Waals surface area contributed by atoms with E-state index in [0.29, 0.717) is 0 Å². The van der Waals surface area contributed by atoms with Gasteiger partial charge in [0.05, 0.1) is 5.69 Å². The lowest BCUT2D eigenvalue weighted by molar-refractivity contribution is 0.581. The van der Waals surface area contributed by atoms with Crippen molar-refractivity contribution in [2.24, 2.45) is 0 Å². The zero-order valence-corrected chi connectivity index (χ0v) is 11.2. The van der Waals surface area contributed by atoms with Gasteiger partial charge in [-0.25, -0.2) is 0 Å². The van der Waals surface area contributed by atoms with Gasteiger partial charge >= 0.3 is 0 Å². The van der Waals surface area contributed by atoms with Crippen LogP contribution in [0, 0.1) is 6.92 Å². The Morgan fingerprint density at radius 3 is 2.47 bits per heavy atom. The Balaban J connectivity index is 2.73. The summed E-state index contributed by atoms with van der Waals surface area (Å²) in [5.41, 5.74) is 3.19. The molecule has 0 aliphatic carbocycles. The van der Waals surface area contributed by atoms with Crippen molar-refractivity contribution < 1.29 is 0 Å². The molecule has 90 valence electrons. The van der Waals surface area contributed by atoms with Gasteiger partial charge in [0.25, 0.3) is 0 Å². The second-order valence-corrected chi connectivity index (χ2v) is 5.56. The summed E-state index contributed by atoms with van der Waals surface area (Å²) in [5.74, 6) is 0. The molecule has 2 rings (SSSR count). The van der Waals surface area contributed by atoms with Crippen molar-refractivity contribution >= 4 is 11.6 Å². The average molecular weight is 251 g/mol. The Morgan fingerprint density at radius 2 is 1.94 bits per heavy atom. The maximum absolute atomic E-state index is 6.13. The van der Waals surface area contributed by atoms with Crippen LogP contribution in [0.25, 0.3) is 5.69 Å². The third-order valence-electron chi connectivity index (χ3n) is 2.65. The SMILES string of the molecule is Cc1cc(Cl)cc(C(C)(C)C)c1-n1cnnn1. The first-order chi connectivity index (χ1) is 7.89. The van der Waals surface area contributed by atoms with Gasteiger partial charge < -0.3 is 0 Å². The Hall–Kier alpha value is -1.42. The second-order valence-electron chi connectivity index (χ2n) is 5.12. The first-order valence-electron chi connectivity index (χ1n) is 5.43. The first-order valence-corrected chi connectivity index (χ1v) is 5.81. The number of aromatic nitrogens is 4. The zero-order valence-electron chi connectivity index (χ0n) is 10.4. The van der Waals surface area contributed by atoms with Crippen LogP contribution in [0.4, 0.5) is 0 Å². The van der Waals surface area contributed by atoms with E-state index in [1.165, 1.54) is 0 Å². The summed E-state index contributed by atoms with van der Waals surface area (Å²) in [7, 11) is 0. The molecule has 4 nitrogen and oxygen atoms in total. The smallest absolute Gasteiger partial charge is 0.143 e. The van der Waals surface area contributed by atoms with E-state index in [9.17, 15) is 0 Å². The van der Waals surface area contributed by atoms with Gasteiger partial charge in [-0.2, -0.15) is 4.68 Å². The number of hydrogen-bond acceptors (Lipinski definition) is 3. The standard InChI is InChI=1S/C12H15ClN4/c1-8-5-9(13)6-10(12(2,3)4)11(8)17-7-14-15-16-17/h5-7H,1-4H3. The molecule has 1 aromatic carbocycles. The molecule has 0 aliphatic heterocycles. The average Bonchev–Trinajstić information content (AvgIpc) is 2.67. The van der Waals surface area contributed by atoms with Gasteiger partial charge in [-0.1, -0.05) is 32.4 Å². The number of benzene rings is 1. The Morgan fingerprint density at radius 1 is 1.24 bits per heavy atom. The molecule has 0 fully saturated rings. The van der Waals surface area contributed by atoms with Crippen LogP contribution in [0.15, 0.2) is 18.5 Å². The molecule has 0 amide bonds. The lowest BCUT2D eigenvalue weighted by Gasteiger charge is -2.24. The van der Waals surface area contributed by atoms with Gasteiger partial charge in [-0.15, -0.1) is 5.10 Å². The summed E-state index contributed by atoms with van der Waals surface area (Å²) >= 11 is 6.13. The van der Waals surface area contributed by atoms with E-state index in [0.717, 1.165) is 21.8 Å². The fraction of sp³-hybridized carbons (Fsp3) is 0.417. The van der Waals surface area contributed by atoms with Crippen molar-refractivity contribution in [1.29, 1.82) is 0 Å². The Bertz CT molecular complexity index is 526. The van der Waals surface area contributed by atoms with Crippen molar-refractivity contribution in [3.8, 4) is 5.69 Å². The highest BCUT2D eigenvalue weighted by Gasteiger charge is 2.21. The molecule has 0 atom stereocenters. The minimum absolute atomic E-state index is 0.0169. The molecule has 0 bridgehead atoms. The van der Waals surface area contributed by atoms with E-state index in [1.807, 2.05) is 19.1 Å². The monoisotopic (exact) mass is 250 g/mol. The maximum Gasteiger partial charge on any atom is 0.143 e. The van der Waals surface area contributed by atoms with E-state index in [-0.39, 0.29) is 5.41 Å². The predicted octanol–water partition coefficient (Wildman–Crippen LogP) is 2.92. The van der Waals surface area contributed by atoms with E-state index in [1.54, 1.807) is 11.0 Å². The molecule has 1 heterocycles. The normalized spacial score (nSPS) is 11.8. The summed E-state index contributed by atoms with van der Waals surface area (Å²) in [5, 5.41) is 12.1. The minimum atomic E-state index is -0.0169. The quantitative estimate of drug-likeness (QED) is 0.782. The van der Waals surface area contributed by atoms with Gasteiger partial charge in [-0.3, -0.25) is 0 Å². The third kappa shape index (κ3) is 2.31. The molecule has 0 spiro atoms. The molecular formula is C12H15ClN4. The molecule has 0 aliphatic rings. The second kappa shape index (κ2) is 4.11. The van der Waals surface area contributed by atoms with Crippen LogP contribution < -0.4 is 0 Å². The van der Waals surface area contributed by atoms with Crippen molar-refractivity contribution in [2.75, 3.05) is 0 Å². The summed E-state index contributed by atoms with van der Waals surface area (Å²) in [4.78, 5) is 0. The number of hydrogen-bond donors (Lipinski definition) is 0. The lowest BCUT2D eigenvalue weighted by atomic mass is 9.84. The predicted molar refractivity (Wildman–Crippen MR) is 67.6 cm³/mol. The summed E-state index contributed by atoms with van der Waals surface area (Å²) in [6.07, 6.45) is 1.60. The van der Waals surface area contributed by atoms with Crippen molar-refractivity contribution in [3.05, 3.63) is 34.6 Å². The fourth-order valence-corrected chi connectivity index (χ4v) is 2.15. The molecule has 5 heteroatoms. The van der Waals surface area contributed by atoms with Gasteiger partial charge in [0.1, 0.15) is 6.33 Å². The Labute approximate surface area is 106 Å². The molecule has 1 aromatic heterocycles. The number of halogens is 1. The maximum atomic E-state index is 6.13. The van der Waals surface area contributed by atoms with Crippen molar-refractivity contribution in [2.45, 2.75) is 33.1 Å². The molecule has 0 saturated heterocycles. The lowest BCUT2D eigenvalue weighted by Crippen LogP contribution is -2.16. The molecule has 0 N–H and O–H groups in total. The summed E-state index contributed by atoms with van der Waals surface area (Å²) in [6, 6.07) is 3.90. The molecular weight excluding hydrogens is 236 g/mol. The summed E-state index contributed by atoms with van der Waals surface area (Å²) < 4.78 is 1.69. The van der Waals surface area contributed by atoms with Crippen LogP contribution in [0.3, 0.4) is 0 Å². The highest BCUT2D eigenvalue weighted by molar-refractivity contribution is 6.30. The van der Waals surface area contributed by atoms with Gasteiger partial charge in [0.15, 0.2) is 0 Å². The third-order valence-corrected chi connectivity index (χ3v) is 2.87. The van der Waals surface area contributed by atoms with Crippen LogP contribution >= 0.6 is 11.6 Å². The van der Waals surface area contributed by atoms with E-state index >= 15 is 0 Å². The van der Waals surface area contributed by atoms with Crippen LogP contribution in [0.2, 0.25) is 5.02 Å². The molecule has 0 radical (unpaired) electrons. The number of nitrogens with zero attached hydrogens (tertiary/aromatic N) is 4. The van der Waals surface area contributed by atoms with E-state index in [4.69, 9.17) is 11.6 Å². The number of rotatable bonds is 1. The first kappa shape index (κ1) is 12.0. The van der Waals surface area contributed by atoms with E-state index < -0.39 is 0 Å². The minimum Gasteiger partial charge on any atom is -0.200 e. The van der Waals surface area contributed by atoms with Gasteiger partial charge in [0.2, 0.25) is 0 Å². The highest BCUT2D eigenvalue weighted by atomic mass is 35.5. The Kier molecular flexibility index (Phi) is 2.91. The molecule has 0 unspecified atom stereocenters. The van der Waals surface area contributed by atoms with E-state index in [2.05, 4.69) is 36.3 Å². The molecule has 17 heavy (non-hydrogen) atoms. The summed E-state index contributed by atoms with van der Waals surface area (Å²) in [6.45, 7) is 8.45. The van der Waals surface area contributed by atoms with Gasteiger partial charge in [0, 0.05) is 5.02 Å². The number of tetrazole rings is 1. The largest absolute Gasteiger partial charge is 0.200 e.